The third kappa shape index (κ3) is 7.28. The van der Waals surface area contributed by atoms with Gasteiger partial charge in [0.1, 0.15) is 12.3 Å². The first kappa shape index (κ1) is 27.5. The number of fused-ring (bicyclic) bond motifs is 1. The van der Waals surface area contributed by atoms with E-state index in [2.05, 4.69) is 4.99 Å². The van der Waals surface area contributed by atoms with Crippen molar-refractivity contribution in [2.75, 3.05) is 39.2 Å². The summed E-state index contributed by atoms with van der Waals surface area (Å²) in [6.07, 6.45) is 0.963. The van der Waals surface area contributed by atoms with E-state index >= 15 is 0 Å². The summed E-state index contributed by atoms with van der Waals surface area (Å²) in [5, 5.41) is 0. The lowest BCUT2D eigenvalue weighted by Crippen LogP contribution is -2.43. The minimum atomic E-state index is -0.442. The molecule has 0 bridgehead atoms. The molecule has 0 radical (unpaired) electrons. The molecule has 1 amide bonds. The number of aliphatic imine (C=N–C) groups is 1. The summed E-state index contributed by atoms with van der Waals surface area (Å²) in [6.45, 7) is 1.24. The van der Waals surface area contributed by atoms with E-state index in [0.29, 0.717) is 49.7 Å². The van der Waals surface area contributed by atoms with Crippen LogP contribution >= 0.6 is 0 Å². The van der Waals surface area contributed by atoms with Crippen LogP contribution in [0.1, 0.15) is 24.0 Å². The van der Waals surface area contributed by atoms with E-state index in [9.17, 15) is 9.59 Å². The Morgan fingerprint density at radius 2 is 1.67 bits per heavy atom. The minimum Gasteiger partial charge on any atom is -0.493 e. The van der Waals surface area contributed by atoms with Crippen LogP contribution in [0, 0.1) is 0 Å². The molecule has 0 atom stereocenters. The number of rotatable bonds is 11. The number of anilines is 1. The van der Waals surface area contributed by atoms with E-state index < -0.39 is 5.97 Å². The SMILES string of the molecule is CN(Cc1ccccc1)C(=O)CCCOc1cccc2c1CN(CC(=O)Oc1ccccc1N(C)C)C(N)=N2. The Bertz CT molecular complexity index is 1330. The van der Waals surface area contributed by atoms with Gasteiger partial charge in [0.15, 0.2) is 11.7 Å². The predicted octanol–water partition coefficient (Wildman–Crippen LogP) is 3.94. The smallest absolute Gasteiger partial charge is 0.331 e. The summed E-state index contributed by atoms with van der Waals surface area (Å²) < 4.78 is 11.7. The van der Waals surface area contributed by atoms with Gasteiger partial charge >= 0.3 is 5.97 Å². The fourth-order valence-electron chi connectivity index (χ4n) is 4.32. The highest BCUT2D eigenvalue weighted by atomic mass is 16.5. The molecule has 9 heteroatoms. The molecule has 3 aromatic rings. The van der Waals surface area contributed by atoms with Crippen molar-refractivity contribution >= 4 is 29.2 Å². The molecule has 0 saturated carbocycles. The molecule has 4 rings (SSSR count). The first-order valence-corrected chi connectivity index (χ1v) is 12.9. The maximum Gasteiger partial charge on any atom is 0.331 e. The van der Waals surface area contributed by atoms with Crippen LogP contribution in [0.3, 0.4) is 0 Å². The number of esters is 1. The van der Waals surface area contributed by atoms with Gasteiger partial charge < -0.3 is 29.9 Å². The first-order valence-electron chi connectivity index (χ1n) is 12.9. The number of benzene rings is 3. The van der Waals surface area contributed by atoms with E-state index in [1.807, 2.05) is 92.8 Å². The van der Waals surface area contributed by atoms with Crippen molar-refractivity contribution in [3.8, 4) is 11.5 Å². The van der Waals surface area contributed by atoms with Gasteiger partial charge in [-0.15, -0.1) is 0 Å². The van der Waals surface area contributed by atoms with Crippen molar-refractivity contribution in [2.45, 2.75) is 25.9 Å². The normalized spacial score (nSPS) is 12.3. The Balaban J connectivity index is 1.31. The van der Waals surface area contributed by atoms with Gasteiger partial charge in [0.25, 0.3) is 0 Å². The van der Waals surface area contributed by atoms with Crippen LogP contribution in [-0.4, -0.2) is 61.9 Å². The van der Waals surface area contributed by atoms with Crippen LogP contribution < -0.4 is 20.1 Å². The molecule has 1 aliphatic heterocycles. The Labute approximate surface area is 229 Å². The van der Waals surface area contributed by atoms with Gasteiger partial charge in [-0.3, -0.25) is 4.79 Å². The number of hydrogen-bond acceptors (Lipinski definition) is 8. The average Bonchev–Trinajstić information content (AvgIpc) is 2.92. The number of ether oxygens (including phenoxy) is 2. The lowest BCUT2D eigenvalue weighted by Gasteiger charge is -2.28. The van der Waals surface area contributed by atoms with Crippen molar-refractivity contribution in [1.82, 2.24) is 9.80 Å². The fourth-order valence-corrected chi connectivity index (χ4v) is 4.32. The molecule has 0 aromatic heterocycles. The van der Waals surface area contributed by atoms with Crippen molar-refractivity contribution in [3.05, 3.63) is 83.9 Å². The molecule has 1 heterocycles. The highest BCUT2D eigenvalue weighted by Gasteiger charge is 2.24. The fraction of sp³-hybridized carbons (Fsp3) is 0.300. The summed E-state index contributed by atoms with van der Waals surface area (Å²) in [5.74, 6) is 1.00. The summed E-state index contributed by atoms with van der Waals surface area (Å²) in [7, 11) is 5.59. The number of carbonyl (C=O) groups is 2. The lowest BCUT2D eigenvalue weighted by atomic mass is 10.1. The van der Waals surface area contributed by atoms with Gasteiger partial charge in [0.2, 0.25) is 5.91 Å². The van der Waals surface area contributed by atoms with Gasteiger partial charge in [-0.1, -0.05) is 48.5 Å². The molecule has 0 fully saturated rings. The summed E-state index contributed by atoms with van der Waals surface area (Å²) >= 11 is 0. The lowest BCUT2D eigenvalue weighted by molar-refractivity contribution is -0.135. The van der Waals surface area contributed by atoms with Crippen LogP contribution in [-0.2, 0) is 22.7 Å². The highest BCUT2D eigenvalue weighted by molar-refractivity contribution is 5.88. The van der Waals surface area contributed by atoms with Gasteiger partial charge in [0.05, 0.1) is 24.5 Å². The molecule has 0 unspecified atom stereocenters. The maximum absolute atomic E-state index is 12.8. The van der Waals surface area contributed by atoms with Crippen LogP contribution in [0.15, 0.2) is 77.8 Å². The van der Waals surface area contributed by atoms with E-state index in [1.165, 1.54) is 0 Å². The van der Waals surface area contributed by atoms with E-state index in [0.717, 1.165) is 16.8 Å². The monoisotopic (exact) mass is 529 g/mol. The van der Waals surface area contributed by atoms with Crippen LogP contribution in [0.4, 0.5) is 11.4 Å². The second kappa shape index (κ2) is 12.8. The molecule has 9 nitrogen and oxygen atoms in total. The quantitative estimate of drug-likeness (QED) is 0.228. The summed E-state index contributed by atoms with van der Waals surface area (Å²) in [4.78, 5) is 35.1. The molecule has 0 aliphatic carbocycles. The molecule has 0 spiro atoms. The maximum atomic E-state index is 12.8. The highest BCUT2D eigenvalue weighted by Crippen LogP contribution is 2.33. The number of nitrogens with two attached hydrogens (primary N) is 1. The van der Waals surface area contributed by atoms with E-state index in [4.69, 9.17) is 15.2 Å². The van der Waals surface area contributed by atoms with Crippen molar-refractivity contribution in [3.63, 3.8) is 0 Å². The van der Waals surface area contributed by atoms with E-state index in [1.54, 1.807) is 15.9 Å². The number of hydrogen-bond donors (Lipinski definition) is 1. The largest absolute Gasteiger partial charge is 0.493 e. The van der Waals surface area contributed by atoms with Gasteiger partial charge in [-0.05, 0) is 36.2 Å². The number of nitrogens with zero attached hydrogens (tertiary/aromatic N) is 4. The molecular weight excluding hydrogens is 494 g/mol. The number of amides is 1. The first-order chi connectivity index (χ1) is 18.8. The molecule has 0 saturated heterocycles. The number of guanidine groups is 1. The Morgan fingerprint density at radius 3 is 2.44 bits per heavy atom. The Morgan fingerprint density at radius 1 is 0.949 bits per heavy atom. The predicted molar refractivity (Wildman–Crippen MR) is 152 cm³/mol. The zero-order valence-corrected chi connectivity index (χ0v) is 22.7. The van der Waals surface area contributed by atoms with Crippen molar-refractivity contribution in [1.29, 1.82) is 0 Å². The van der Waals surface area contributed by atoms with Crippen LogP contribution in [0.5, 0.6) is 11.5 Å². The number of para-hydroxylation sites is 2. The molecule has 1 aliphatic rings. The zero-order chi connectivity index (χ0) is 27.8. The molecular formula is C30H35N5O4. The third-order valence-corrected chi connectivity index (χ3v) is 6.39. The molecule has 3 aromatic carbocycles. The average molecular weight is 530 g/mol. The molecule has 2 N–H and O–H groups in total. The third-order valence-electron chi connectivity index (χ3n) is 6.39. The van der Waals surface area contributed by atoms with Crippen LogP contribution in [0.2, 0.25) is 0 Å². The van der Waals surface area contributed by atoms with Gasteiger partial charge in [0, 0.05) is 39.7 Å². The van der Waals surface area contributed by atoms with Crippen molar-refractivity contribution in [2.24, 2.45) is 10.7 Å². The second-order valence-corrected chi connectivity index (χ2v) is 9.60. The topological polar surface area (TPSA) is 101 Å². The van der Waals surface area contributed by atoms with E-state index in [-0.39, 0.29) is 18.4 Å². The standard InChI is InChI=1S/C30H35N5O4/c1-33(2)25-14-7-8-15-27(25)39-29(37)21-35-20-23-24(32-30(35)31)13-9-16-26(23)38-18-10-17-28(36)34(3)19-22-11-5-4-6-12-22/h4-9,11-16H,10,17-21H2,1-3H3,(H2,31,32). The second-order valence-electron chi connectivity index (χ2n) is 9.60. The van der Waals surface area contributed by atoms with Crippen LogP contribution in [0.25, 0.3) is 0 Å². The summed E-state index contributed by atoms with van der Waals surface area (Å²) in [6, 6.07) is 22.8. The van der Waals surface area contributed by atoms with Gasteiger partial charge in [-0.2, -0.15) is 0 Å². The zero-order valence-electron chi connectivity index (χ0n) is 22.7. The summed E-state index contributed by atoms with van der Waals surface area (Å²) in [5.41, 5.74) is 9.61. The number of carbonyl (C=O) groups excluding carboxylic acids is 2. The Kier molecular flexibility index (Phi) is 9.04. The van der Waals surface area contributed by atoms with Crippen molar-refractivity contribution < 1.29 is 19.1 Å². The minimum absolute atomic E-state index is 0.0624. The molecule has 204 valence electrons. The van der Waals surface area contributed by atoms with Gasteiger partial charge in [-0.25, -0.2) is 9.79 Å². The molecule has 39 heavy (non-hydrogen) atoms. The Hall–Kier alpha value is -4.53.